The maximum atomic E-state index is 12.9. The zero-order valence-electron chi connectivity index (χ0n) is 17.2. The van der Waals surface area contributed by atoms with Gasteiger partial charge in [-0.3, -0.25) is 9.78 Å². The molecule has 3 aliphatic rings. The third-order valence-electron chi connectivity index (χ3n) is 7.37. The number of hydrogen-bond donors (Lipinski definition) is 1. The number of epoxide rings is 1. The molecule has 5 nitrogen and oxygen atoms in total. The zero-order chi connectivity index (χ0) is 20.1. The smallest absolute Gasteiger partial charge is 0.255 e. The van der Waals surface area contributed by atoms with Gasteiger partial charge in [0.05, 0.1) is 30.2 Å². The van der Waals surface area contributed by atoms with Crippen LogP contribution < -0.4 is 10.1 Å². The zero-order valence-corrected chi connectivity index (χ0v) is 17.2. The lowest BCUT2D eigenvalue weighted by Crippen LogP contribution is -2.42. The average Bonchev–Trinajstić information content (AvgIpc) is 3.51. The molecule has 29 heavy (non-hydrogen) atoms. The molecule has 1 spiro atoms. The molecule has 1 saturated heterocycles. The molecule has 2 aliphatic heterocycles. The monoisotopic (exact) mass is 392 g/mol. The number of nitrogens with zero attached hydrogens (tertiary/aromatic N) is 1. The van der Waals surface area contributed by atoms with E-state index in [-0.39, 0.29) is 16.9 Å². The van der Waals surface area contributed by atoms with E-state index in [0.717, 1.165) is 55.8 Å². The van der Waals surface area contributed by atoms with Crippen LogP contribution in [-0.4, -0.2) is 29.7 Å². The van der Waals surface area contributed by atoms with E-state index < -0.39 is 0 Å². The van der Waals surface area contributed by atoms with E-state index >= 15 is 0 Å². The molecular formula is C24H28N2O3. The number of ether oxygens (including phenoxy) is 2. The summed E-state index contributed by atoms with van der Waals surface area (Å²) in [6, 6.07) is 9.70. The number of hydrogen-bond acceptors (Lipinski definition) is 4. The van der Waals surface area contributed by atoms with E-state index in [1.807, 2.05) is 31.2 Å². The fraction of sp³-hybridized carbons (Fsp3) is 0.500. The summed E-state index contributed by atoms with van der Waals surface area (Å²) >= 11 is 0. The lowest BCUT2D eigenvalue weighted by molar-refractivity contribution is 0.0950. The van der Waals surface area contributed by atoms with Crippen LogP contribution in [-0.2, 0) is 10.2 Å². The number of benzene rings is 1. The van der Waals surface area contributed by atoms with Crippen LogP contribution in [0.2, 0.25) is 0 Å². The Morgan fingerprint density at radius 1 is 1.31 bits per heavy atom. The van der Waals surface area contributed by atoms with Gasteiger partial charge in [0, 0.05) is 22.7 Å². The SMILES string of the molecule is CC[C@@]12CC[C@@]3(CO3)C[C@@H]1CCOc1cc(C(=O)Nc3cccnc3C)ccc12. The van der Waals surface area contributed by atoms with Gasteiger partial charge in [-0.25, -0.2) is 0 Å². The van der Waals surface area contributed by atoms with Crippen LogP contribution in [0.4, 0.5) is 5.69 Å². The van der Waals surface area contributed by atoms with Gasteiger partial charge in [-0.1, -0.05) is 13.0 Å². The van der Waals surface area contributed by atoms with Gasteiger partial charge in [-0.15, -0.1) is 0 Å². The van der Waals surface area contributed by atoms with E-state index in [1.54, 1.807) is 6.20 Å². The van der Waals surface area contributed by atoms with Crippen LogP contribution >= 0.6 is 0 Å². The van der Waals surface area contributed by atoms with Crippen LogP contribution in [0, 0.1) is 12.8 Å². The van der Waals surface area contributed by atoms with Crippen molar-refractivity contribution in [2.24, 2.45) is 5.92 Å². The minimum absolute atomic E-state index is 0.123. The number of pyridine rings is 1. The van der Waals surface area contributed by atoms with E-state index in [1.165, 1.54) is 5.56 Å². The third-order valence-corrected chi connectivity index (χ3v) is 7.37. The molecule has 2 aromatic rings. The summed E-state index contributed by atoms with van der Waals surface area (Å²) in [6.45, 7) is 5.80. The molecule has 3 heterocycles. The topological polar surface area (TPSA) is 63.8 Å². The quantitative estimate of drug-likeness (QED) is 0.773. The summed E-state index contributed by atoms with van der Waals surface area (Å²) in [7, 11) is 0. The van der Waals surface area contributed by atoms with Crippen molar-refractivity contribution in [3.63, 3.8) is 0 Å². The van der Waals surface area contributed by atoms with Crippen LogP contribution in [0.5, 0.6) is 5.75 Å². The molecule has 3 atom stereocenters. The molecule has 0 radical (unpaired) electrons. The van der Waals surface area contributed by atoms with Crippen molar-refractivity contribution in [1.82, 2.24) is 4.98 Å². The molecule has 1 aliphatic carbocycles. The highest BCUT2D eigenvalue weighted by Crippen LogP contribution is 2.57. The first-order valence-electron chi connectivity index (χ1n) is 10.7. The molecule has 1 aromatic heterocycles. The van der Waals surface area contributed by atoms with Crippen LogP contribution in [0.15, 0.2) is 36.5 Å². The Bertz CT molecular complexity index is 953. The van der Waals surface area contributed by atoms with Crippen molar-refractivity contribution in [2.75, 3.05) is 18.5 Å². The Morgan fingerprint density at radius 3 is 2.93 bits per heavy atom. The Labute approximate surface area is 171 Å². The number of rotatable bonds is 3. The van der Waals surface area contributed by atoms with Gasteiger partial charge in [-0.05, 0) is 69.2 Å². The minimum atomic E-state index is -0.132. The average molecular weight is 392 g/mol. The summed E-state index contributed by atoms with van der Waals surface area (Å²) in [5.41, 5.74) is 3.70. The highest BCUT2D eigenvalue weighted by atomic mass is 16.6. The maximum Gasteiger partial charge on any atom is 0.255 e. The Hall–Kier alpha value is -2.40. The number of anilines is 1. The molecule has 1 aromatic carbocycles. The molecule has 5 rings (SSSR count). The standard InChI is InChI=1S/C24H28N2O3/c1-3-24-10-9-23(15-29-23)14-18(24)8-12-28-21-13-17(6-7-19(21)24)22(27)26-20-5-4-11-25-16(20)2/h4-7,11,13,18H,3,8-10,12,14-15H2,1-2H3,(H,26,27)/t18-,23-,24+/m0/s1. The summed E-state index contributed by atoms with van der Waals surface area (Å²) in [4.78, 5) is 17.1. The van der Waals surface area contributed by atoms with E-state index in [4.69, 9.17) is 9.47 Å². The summed E-state index contributed by atoms with van der Waals surface area (Å²) in [5, 5.41) is 2.97. The number of amides is 1. The van der Waals surface area contributed by atoms with Crippen molar-refractivity contribution < 1.29 is 14.3 Å². The highest BCUT2D eigenvalue weighted by Gasteiger charge is 2.56. The van der Waals surface area contributed by atoms with Crippen LogP contribution in [0.1, 0.15) is 60.6 Å². The van der Waals surface area contributed by atoms with Crippen molar-refractivity contribution in [1.29, 1.82) is 0 Å². The molecule has 0 unspecified atom stereocenters. The van der Waals surface area contributed by atoms with Gasteiger partial charge in [0.15, 0.2) is 0 Å². The fourth-order valence-electron chi connectivity index (χ4n) is 5.47. The Kier molecular flexibility index (Phi) is 4.39. The molecule has 1 N–H and O–H groups in total. The van der Waals surface area contributed by atoms with Crippen molar-refractivity contribution in [3.8, 4) is 5.75 Å². The van der Waals surface area contributed by atoms with E-state index in [2.05, 4.69) is 23.3 Å². The van der Waals surface area contributed by atoms with Crippen molar-refractivity contribution >= 4 is 11.6 Å². The molecule has 5 heteroatoms. The van der Waals surface area contributed by atoms with Gasteiger partial charge in [0.25, 0.3) is 5.91 Å². The van der Waals surface area contributed by atoms with Gasteiger partial charge in [0.2, 0.25) is 0 Å². The van der Waals surface area contributed by atoms with Crippen LogP contribution in [0.3, 0.4) is 0 Å². The predicted octanol–water partition coefficient (Wildman–Crippen LogP) is 4.64. The number of carbonyl (C=O) groups is 1. The summed E-state index contributed by atoms with van der Waals surface area (Å²) in [6.07, 6.45) is 7.24. The first-order valence-corrected chi connectivity index (χ1v) is 10.7. The van der Waals surface area contributed by atoms with Gasteiger partial charge in [0.1, 0.15) is 5.75 Å². The van der Waals surface area contributed by atoms with Gasteiger partial charge in [-0.2, -0.15) is 0 Å². The second-order valence-electron chi connectivity index (χ2n) is 8.82. The van der Waals surface area contributed by atoms with Gasteiger partial charge < -0.3 is 14.8 Å². The second-order valence-corrected chi connectivity index (χ2v) is 8.82. The Morgan fingerprint density at radius 2 is 2.17 bits per heavy atom. The number of fused-ring (bicyclic) bond motifs is 3. The lowest BCUT2D eigenvalue weighted by Gasteiger charge is -2.45. The molecule has 152 valence electrons. The number of aromatic nitrogens is 1. The van der Waals surface area contributed by atoms with E-state index in [9.17, 15) is 4.79 Å². The lowest BCUT2D eigenvalue weighted by atomic mass is 9.58. The summed E-state index contributed by atoms with van der Waals surface area (Å²) in [5.74, 6) is 1.31. The molecule has 1 saturated carbocycles. The normalized spacial score (nSPS) is 29.9. The fourth-order valence-corrected chi connectivity index (χ4v) is 5.47. The van der Waals surface area contributed by atoms with Gasteiger partial charge >= 0.3 is 0 Å². The molecule has 2 fully saturated rings. The van der Waals surface area contributed by atoms with Crippen LogP contribution in [0.25, 0.3) is 0 Å². The van der Waals surface area contributed by atoms with Crippen molar-refractivity contribution in [3.05, 3.63) is 53.3 Å². The Balaban J connectivity index is 1.46. The molecule has 0 bridgehead atoms. The third kappa shape index (κ3) is 3.12. The first kappa shape index (κ1) is 18.6. The largest absolute Gasteiger partial charge is 0.493 e. The number of aryl methyl sites for hydroxylation is 1. The van der Waals surface area contributed by atoms with Crippen molar-refractivity contribution in [2.45, 2.75) is 57.0 Å². The highest BCUT2D eigenvalue weighted by molar-refractivity contribution is 6.04. The van der Waals surface area contributed by atoms with E-state index in [0.29, 0.717) is 18.1 Å². The summed E-state index contributed by atoms with van der Waals surface area (Å²) < 4.78 is 12.0. The number of carbonyl (C=O) groups excluding carboxylic acids is 1. The predicted molar refractivity (Wildman–Crippen MR) is 111 cm³/mol. The maximum absolute atomic E-state index is 12.9. The minimum Gasteiger partial charge on any atom is -0.493 e. The molecular weight excluding hydrogens is 364 g/mol. The number of nitrogens with one attached hydrogen (secondary N) is 1. The first-order chi connectivity index (χ1) is 14.1. The molecule has 1 amide bonds. The second kappa shape index (κ2) is 6.84.